The van der Waals surface area contributed by atoms with Crippen molar-refractivity contribution < 1.29 is 0 Å². The summed E-state index contributed by atoms with van der Waals surface area (Å²) in [6.07, 6.45) is 2.00. The van der Waals surface area contributed by atoms with E-state index >= 15 is 0 Å². The normalized spacial score (nSPS) is 17.7. The number of para-hydroxylation sites is 1. The highest BCUT2D eigenvalue weighted by Gasteiger charge is 2.23. The first-order chi connectivity index (χ1) is 10.2. The summed E-state index contributed by atoms with van der Waals surface area (Å²) < 4.78 is 0. The first-order valence-electron chi connectivity index (χ1n) is 7.53. The molecule has 0 fully saturated rings. The minimum absolute atomic E-state index is 0.637. The van der Waals surface area contributed by atoms with Crippen LogP contribution in [0.25, 0.3) is 0 Å². The molecule has 2 aromatic carbocycles. The summed E-state index contributed by atoms with van der Waals surface area (Å²) in [5.41, 5.74) is 11.0. The van der Waals surface area contributed by atoms with Gasteiger partial charge in [-0.1, -0.05) is 36.7 Å². The van der Waals surface area contributed by atoms with Crippen LogP contribution < -0.4 is 10.6 Å². The van der Waals surface area contributed by atoms with Gasteiger partial charge in [0.15, 0.2) is 0 Å². The monoisotopic (exact) mass is 300 g/mol. The standard InChI is InChI=1S/C18H21ClN2/c1-13-10-14-4-2-3-5-17(14)21(12-13)18-7-6-16(19)11-15(18)8-9-20/h2-7,11,13H,8-10,12,20H2,1H3. The summed E-state index contributed by atoms with van der Waals surface area (Å²) in [5.74, 6) is 0.640. The van der Waals surface area contributed by atoms with Gasteiger partial charge >= 0.3 is 0 Å². The van der Waals surface area contributed by atoms with E-state index in [9.17, 15) is 0 Å². The summed E-state index contributed by atoms with van der Waals surface area (Å²) in [6, 6.07) is 14.8. The van der Waals surface area contributed by atoms with Gasteiger partial charge in [0, 0.05) is 22.9 Å². The minimum atomic E-state index is 0.637. The highest BCUT2D eigenvalue weighted by Crippen LogP contribution is 2.37. The molecule has 3 heteroatoms. The van der Waals surface area contributed by atoms with Crippen LogP contribution in [0.3, 0.4) is 0 Å². The van der Waals surface area contributed by atoms with Gasteiger partial charge in [0.05, 0.1) is 0 Å². The molecular weight excluding hydrogens is 280 g/mol. The minimum Gasteiger partial charge on any atom is -0.341 e. The Kier molecular flexibility index (Phi) is 4.18. The molecule has 2 aromatic rings. The maximum Gasteiger partial charge on any atom is 0.0444 e. The molecule has 0 bridgehead atoms. The number of halogens is 1. The predicted molar refractivity (Wildman–Crippen MR) is 90.5 cm³/mol. The van der Waals surface area contributed by atoms with E-state index in [1.54, 1.807) is 0 Å². The van der Waals surface area contributed by atoms with E-state index < -0.39 is 0 Å². The van der Waals surface area contributed by atoms with Crippen LogP contribution in [-0.4, -0.2) is 13.1 Å². The lowest BCUT2D eigenvalue weighted by Gasteiger charge is -2.36. The first-order valence-corrected chi connectivity index (χ1v) is 7.90. The van der Waals surface area contributed by atoms with Gasteiger partial charge in [-0.05, 0) is 60.7 Å². The smallest absolute Gasteiger partial charge is 0.0444 e. The topological polar surface area (TPSA) is 29.3 Å². The Hall–Kier alpha value is -1.51. The van der Waals surface area contributed by atoms with Crippen molar-refractivity contribution >= 4 is 23.0 Å². The van der Waals surface area contributed by atoms with Crippen molar-refractivity contribution in [2.75, 3.05) is 18.0 Å². The fraction of sp³-hybridized carbons (Fsp3) is 0.333. The molecule has 0 radical (unpaired) electrons. The molecule has 0 aliphatic carbocycles. The number of hydrogen-bond donors (Lipinski definition) is 1. The Morgan fingerprint density at radius 2 is 2.00 bits per heavy atom. The van der Waals surface area contributed by atoms with Gasteiger partial charge in [-0.3, -0.25) is 0 Å². The third-order valence-electron chi connectivity index (χ3n) is 4.09. The third kappa shape index (κ3) is 2.92. The molecule has 2 nitrogen and oxygen atoms in total. The molecule has 1 aliphatic heterocycles. The first kappa shape index (κ1) is 14.4. The number of benzene rings is 2. The van der Waals surface area contributed by atoms with Gasteiger partial charge in [-0.25, -0.2) is 0 Å². The second-order valence-corrected chi connectivity index (χ2v) is 6.30. The van der Waals surface area contributed by atoms with Gasteiger partial charge in [-0.15, -0.1) is 0 Å². The van der Waals surface area contributed by atoms with E-state index in [0.717, 1.165) is 24.4 Å². The van der Waals surface area contributed by atoms with Gasteiger partial charge in [0.25, 0.3) is 0 Å². The van der Waals surface area contributed by atoms with E-state index in [4.69, 9.17) is 17.3 Å². The van der Waals surface area contributed by atoms with E-state index in [-0.39, 0.29) is 0 Å². The third-order valence-corrected chi connectivity index (χ3v) is 4.33. The zero-order chi connectivity index (χ0) is 14.8. The van der Waals surface area contributed by atoms with E-state index in [1.165, 1.54) is 22.5 Å². The zero-order valence-electron chi connectivity index (χ0n) is 12.3. The predicted octanol–water partition coefficient (Wildman–Crippen LogP) is 4.17. The van der Waals surface area contributed by atoms with Crippen LogP contribution in [-0.2, 0) is 12.8 Å². The molecule has 2 N–H and O–H groups in total. The Morgan fingerprint density at radius 1 is 1.19 bits per heavy atom. The molecule has 0 amide bonds. The molecule has 0 saturated heterocycles. The number of anilines is 2. The molecule has 0 aromatic heterocycles. The molecule has 21 heavy (non-hydrogen) atoms. The maximum atomic E-state index is 6.16. The Labute approximate surface area is 131 Å². The Balaban J connectivity index is 2.08. The Morgan fingerprint density at radius 3 is 2.81 bits per heavy atom. The lowest BCUT2D eigenvalue weighted by Crippen LogP contribution is -2.31. The van der Waals surface area contributed by atoms with Gasteiger partial charge in [0.2, 0.25) is 0 Å². The fourth-order valence-electron chi connectivity index (χ4n) is 3.20. The van der Waals surface area contributed by atoms with Crippen LogP contribution in [0, 0.1) is 5.92 Å². The van der Waals surface area contributed by atoms with E-state index in [0.29, 0.717) is 12.5 Å². The van der Waals surface area contributed by atoms with Gasteiger partial charge in [0.1, 0.15) is 0 Å². The van der Waals surface area contributed by atoms with Crippen molar-refractivity contribution in [2.45, 2.75) is 19.8 Å². The molecule has 1 atom stereocenters. The fourth-order valence-corrected chi connectivity index (χ4v) is 3.39. The Bertz CT molecular complexity index is 639. The number of nitrogens with zero attached hydrogens (tertiary/aromatic N) is 1. The molecule has 1 aliphatic rings. The number of rotatable bonds is 3. The summed E-state index contributed by atoms with van der Waals surface area (Å²) in [6.45, 7) is 3.98. The van der Waals surface area contributed by atoms with Crippen molar-refractivity contribution in [3.05, 3.63) is 58.6 Å². The summed E-state index contributed by atoms with van der Waals surface area (Å²) in [4.78, 5) is 2.42. The largest absolute Gasteiger partial charge is 0.341 e. The van der Waals surface area contributed by atoms with Crippen LogP contribution in [0.5, 0.6) is 0 Å². The summed E-state index contributed by atoms with van der Waals surface area (Å²) in [7, 11) is 0. The maximum absolute atomic E-state index is 6.16. The molecule has 0 spiro atoms. The average molecular weight is 301 g/mol. The van der Waals surface area contributed by atoms with Gasteiger partial charge < -0.3 is 10.6 Å². The van der Waals surface area contributed by atoms with Crippen molar-refractivity contribution in [2.24, 2.45) is 11.7 Å². The zero-order valence-corrected chi connectivity index (χ0v) is 13.1. The van der Waals surface area contributed by atoms with Crippen LogP contribution in [0.2, 0.25) is 5.02 Å². The second kappa shape index (κ2) is 6.08. The van der Waals surface area contributed by atoms with Crippen LogP contribution >= 0.6 is 11.6 Å². The van der Waals surface area contributed by atoms with Crippen LogP contribution in [0.1, 0.15) is 18.1 Å². The number of hydrogen-bond acceptors (Lipinski definition) is 2. The van der Waals surface area contributed by atoms with Crippen molar-refractivity contribution in [3.63, 3.8) is 0 Å². The second-order valence-electron chi connectivity index (χ2n) is 5.86. The lowest BCUT2D eigenvalue weighted by atomic mass is 9.92. The summed E-state index contributed by atoms with van der Waals surface area (Å²) in [5, 5.41) is 0.778. The molecule has 0 saturated carbocycles. The van der Waals surface area contributed by atoms with Crippen LogP contribution in [0.4, 0.5) is 11.4 Å². The quantitative estimate of drug-likeness (QED) is 0.922. The van der Waals surface area contributed by atoms with Crippen molar-refractivity contribution in [1.29, 1.82) is 0 Å². The molecule has 1 heterocycles. The number of fused-ring (bicyclic) bond motifs is 1. The molecule has 110 valence electrons. The summed E-state index contributed by atoms with van der Waals surface area (Å²) >= 11 is 6.16. The number of nitrogens with two attached hydrogens (primary N) is 1. The van der Waals surface area contributed by atoms with Crippen molar-refractivity contribution in [3.8, 4) is 0 Å². The molecule has 3 rings (SSSR count). The average Bonchev–Trinajstić information content (AvgIpc) is 2.47. The lowest BCUT2D eigenvalue weighted by molar-refractivity contribution is 0.561. The van der Waals surface area contributed by atoms with E-state index in [2.05, 4.69) is 42.2 Å². The van der Waals surface area contributed by atoms with Crippen LogP contribution in [0.15, 0.2) is 42.5 Å². The molecule has 1 unspecified atom stereocenters. The highest BCUT2D eigenvalue weighted by atomic mass is 35.5. The van der Waals surface area contributed by atoms with Gasteiger partial charge in [-0.2, -0.15) is 0 Å². The van der Waals surface area contributed by atoms with Crippen molar-refractivity contribution in [1.82, 2.24) is 0 Å². The van der Waals surface area contributed by atoms with E-state index in [1.807, 2.05) is 12.1 Å². The highest BCUT2D eigenvalue weighted by molar-refractivity contribution is 6.30. The molecular formula is C18H21ClN2. The SMILES string of the molecule is CC1Cc2ccccc2N(c2ccc(Cl)cc2CCN)C1.